The van der Waals surface area contributed by atoms with Crippen molar-refractivity contribution in [3.05, 3.63) is 64.8 Å². The minimum absolute atomic E-state index is 0.0531. The molecule has 3 heterocycles. The van der Waals surface area contributed by atoms with Gasteiger partial charge in [-0.05, 0) is 43.9 Å². The van der Waals surface area contributed by atoms with E-state index in [0.717, 1.165) is 41.2 Å². The lowest BCUT2D eigenvalue weighted by molar-refractivity contribution is -0.137. The van der Waals surface area contributed by atoms with E-state index in [0.29, 0.717) is 24.5 Å². The average Bonchev–Trinajstić information content (AvgIpc) is 3.32. The fraction of sp³-hybridized carbons (Fsp3) is 0.375. The lowest BCUT2D eigenvalue weighted by Gasteiger charge is -2.40. The van der Waals surface area contributed by atoms with E-state index >= 15 is 0 Å². The van der Waals surface area contributed by atoms with E-state index in [1.807, 2.05) is 35.4 Å². The number of hydrogen-bond acceptors (Lipinski definition) is 5. The molecule has 1 saturated heterocycles. The highest BCUT2D eigenvalue weighted by Crippen LogP contribution is 2.32. The van der Waals surface area contributed by atoms with Crippen LogP contribution in [0.15, 0.2) is 48.1 Å². The molecule has 1 amide bonds. The summed E-state index contributed by atoms with van der Waals surface area (Å²) < 4.78 is 38.4. The van der Waals surface area contributed by atoms with Gasteiger partial charge in [-0.2, -0.15) is 13.2 Å². The number of likely N-dealkylation sites (tertiary alicyclic amines) is 1. The summed E-state index contributed by atoms with van der Waals surface area (Å²) in [6, 6.07) is 8.04. The second-order valence-corrected chi connectivity index (χ2v) is 9.28. The molecule has 1 aliphatic heterocycles. The highest BCUT2D eigenvalue weighted by Gasteiger charge is 2.34. The van der Waals surface area contributed by atoms with Crippen LogP contribution in [0.1, 0.15) is 41.3 Å². The molecule has 1 aromatic carbocycles. The Balaban J connectivity index is 1.55. The van der Waals surface area contributed by atoms with Crippen LogP contribution >= 0.6 is 11.3 Å². The van der Waals surface area contributed by atoms with E-state index in [1.54, 1.807) is 6.20 Å². The SMILES string of the molecule is Cc1ccc(-c2nccs2)c(C(=O)N2CCC[C@@H](C)[C@H]2CNc2ccc(C(F)(F)F)cn2)c1. The Bertz CT molecular complexity index is 1100. The number of alkyl halides is 3. The topological polar surface area (TPSA) is 58.1 Å². The number of halogens is 3. The molecule has 0 saturated carbocycles. The van der Waals surface area contributed by atoms with Gasteiger partial charge >= 0.3 is 6.18 Å². The summed E-state index contributed by atoms with van der Waals surface area (Å²) in [4.78, 5) is 23.9. The Labute approximate surface area is 194 Å². The van der Waals surface area contributed by atoms with Gasteiger partial charge in [0.2, 0.25) is 0 Å². The van der Waals surface area contributed by atoms with Gasteiger partial charge < -0.3 is 10.2 Å². The first-order valence-electron chi connectivity index (χ1n) is 10.8. The molecule has 0 bridgehead atoms. The number of nitrogens with one attached hydrogen (secondary N) is 1. The fourth-order valence-corrected chi connectivity index (χ4v) is 4.90. The van der Waals surface area contributed by atoms with Crippen molar-refractivity contribution >= 4 is 23.1 Å². The normalized spacial score (nSPS) is 18.9. The zero-order chi connectivity index (χ0) is 23.6. The van der Waals surface area contributed by atoms with Crippen LogP contribution in [0.2, 0.25) is 0 Å². The molecule has 1 fully saturated rings. The molecule has 3 aromatic rings. The Kier molecular flexibility index (Phi) is 6.69. The van der Waals surface area contributed by atoms with Crippen molar-refractivity contribution in [2.75, 3.05) is 18.4 Å². The van der Waals surface area contributed by atoms with Crippen LogP contribution < -0.4 is 5.32 Å². The zero-order valence-corrected chi connectivity index (χ0v) is 19.2. The molecule has 33 heavy (non-hydrogen) atoms. The first-order valence-corrected chi connectivity index (χ1v) is 11.7. The summed E-state index contributed by atoms with van der Waals surface area (Å²) in [5.41, 5.74) is 1.64. The van der Waals surface area contributed by atoms with Crippen molar-refractivity contribution in [2.24, 2.45) is 5.92 Å². The molecular weight excluding hydrogens is 449 g/mol. The number of nitrogens with zero attached hydrogens (tertiary/aromatic N) is 3. The maximum Gasteiger partial charge on any atom is 0.417 e. The number of thiazole rings is 1. The lowest BCUT2D eigenvalue weighted by Crippen LogP contribution is -2.51. The monoisotopic (exact) mass is 474 g/mol. The second-order valence-electron chi connectivity index (χ2n) is 8.38. The van der Waals surface area contributed by atoms with Gasteiger partial charge in [-0.3, -0.25) is 4.79 Å². The van der Waals surface area contributed by atoms with Crippen LogP contribution in [0.25, 0.3) is 10.6 Å². The Morgan fingerprint density at radius 2 is 2.06 bits per heavy atom. The summed E-state index contributed by atoms with van der Waals surface area (Å²) in [7, 11) is 0. The fourth-order valence-electron chi connectivity index (χ4n) is 4.22. The number of pyridine rings is 1. The molecule has 1 aliphatic rings. The molecule has 174 valence electrons. The average molecular weight is 475 g/mol. The number of hydrogen-bond donors (Lipinski definition) is 1. The number of amides is 1. The predicted molar refractivity (Wildman–Crippen MR) is 123 cm³/mol. The van der Waals surface area contributed by atoms with Crippen LogP contribution in [-0.4, -0.2) is 39.9 Å². The summed E-state index contributed by atoms with van der Waals surface area (Å²) in [5, 5.41) is 5.81. The minimum Gasteiger partial charge on any atom is -0.368 e. The largest absolute Gasteiger partial charge is 0.417 e. The van der Waals surface area contributed by atoms with Gasteiger partial charge in [0.1, 0.15) is 10.8 Å². The smallest absolute Gasteiger partial charge is 0.368 e. The van der Waals surface area contributed by atoms with E-state index in [2.05, 4.69) is 22.2 Å². The summed E-state index contributed by atoms with van der Waals surface area (Å²) in [5.74, 6) is 0.535. The van der Waals surface area contributed by atoms with Crippen molar-refractivity contribution < 1.29 is 18.0 Å². The predicted octanol–water partition coefficient (Wildman–Crippen LogP) is 5.89. The second kappa shape index (κ2) is 9.51. The van der Waals surface area contributed by atoms with E-state index in [-0.39, 0.29) is 17.9 Å². The van der Waals surface area contributed by atoms with E-state index in [1.165, 1.54) is 17.4 Å². The van der Waals surface area contributed by atoms with Gasteiger partial charge in [-0.25, -0.2) is 9.97 Å². The highest BCUT2D eigenvalue weighted by molar-refractivity contribution is 7.13. The van der Waals surface area contributed by atoms with Crippen LogP contribution in [0.3, 0.4) is 0 Å². The van der Waals surface area contributed by atoms with Crippen molar-refractivity contribution in [3.63, 3.8) is 0 Å². The van der Waals surface area contributed by atoms with Crippen LogP contribution in [0.4, 0.5) is 19.0 Å². The molecule has 0 radical (unpaired) electrons. The molecule has 4 rings (SSSR count). The number of aromatic nitrogens is 2. The Hall–Kier alpha value is -2.94. The van der Waals surface area contributed by atoms with E-state index < -0.39 is 11.7 Å². The first kappa shape index (κ1) is 23.2. The standard InChI is InChI=1S/C24H25F3N4OS/c1-15-5-7-18(22-28-9-11-33-22)19(12-15)23(32)31-10-3-4-16(2)20(31)14-30-21-8-6-17(13-29-21)24(25,26)27/h5-9,11-13,16,20H,3-4,10,14H2,1-2H3,(H,29,30)/t16-,20-/m1/s1. The highest BCUT2D eigenvalue weighted by atomic mass is 32.1. The van der Waals surface area contributed by atoms with Gasteiger partial charge in [0.15, 0.2) is 0 Å². The van der Waals surface area contributed by atoms with Crippen molar-refractivity contribution in [1.82, 2.24) is 14.9 Å². The lowest BCUT2D eigenvalue weighted by atomic mass is 9.89. The van der Waals surface area contributed by atoms with Crippen LogP contribution in [0, 0.1) is 12.8 Å². The molecule has 5 nitrogen and oxygen atoms in total. The molecule has 2 atom stereocenters. The van der Waals surface area contributed by atoms with E-state index in [4.69, 9.17) is 0 Å². The number of piperidine rings is 1. The molecular formula is C24H25F3N4OS. The zero-order valence-electron chi connectivity index (χ0n) is 18.4. The van der Waals surface area contributed by atoms with Crippen LogP contribution in [0.5, 0.6) is 0 Å². The van der Waals surface area contributed by atoms with Crippen LogP contribution in [-0.2, 0) is 6.18 Å². The number of rotatable bonds is 5. The Morgan fingerprint density at radius 3 is 2.73 bits per heavy atom. The number of carbonyl (C=O) groups is 1. The number of anilines is 1. The molecule has 2 aromatic heterocycles. The third-order valence-corrected chi connectivity index (χ3v) is 6.83. The number of aryl methyl sites for hydroxylation is 1. The van der Waals surface area contributed by atoms with Gasteiger partial charge in [0, 0.05) is 36.4 Å². The van der Waals surface area contributed by atoms with Gasteiger partial charge in [-0.15, -0.1) is 11.3 Å². The maximum atomic E-state index is 13.7. The molecule has 0 spiro atoms. The number of carbonyl (C=O) groups excluding carboxylic acids is 1. The minimum atomic E-state index is -4.42. The quantitative estimate of drug-likeness (QED) is 0.501. The third-order valence-electron chi connectivity index (χ3n) is 6.03. The molecule has 9 heteroatoms. The van der Waals surface area contributed by atoms with Gasteiger partial charge in [0.05, 0.1) is 17.2 Å². The van der Waals surface area contributed by atoms with E-state index in [9.17, 15) is 18.0 Å². The first-order chi connectivity index (χ1) is 15.7. The van der Waals surface area contributed by atoms with Crippen molar-refractivity contribution in [3.8, 4) is 10.6 Å². The Morgan fingerprint density at radius 1 is 1.24 bits per heavy atom. The number of benzene rings is 1. The van der Waals surface area contributed by atoms with Crippen molar-refractivity contribution in [1.29, 1.82) is 0 Å². The third kappa shape index (κ3) is 5.19. The van der Waals surface area contributed by atoms with Gasteiger partial charge in [-0.1, -0.05) is 24.6 Å². The van der Waals surface area contributed by atoms with Crippen molar-refractivity contribution in [2.45, 2.75) is 38.9 Å². The van der Waals surface area contributed by atoms with Gasteiger partial charge in [0.25, 0.3) is 5.91 Å². The summed E-state index contributed by atoms with van der Waals surface area (Å²) in [6.45, 7) is 5.09. The summed E-state index contributed by atoms with van der Waals surface area (Å²) in [6.07, 6.45) is 0.00308. The molecule has 1 N–H and O–H groups in total. The molecule has 0 aliphatic carbocycles. The molecule has 0 unspecified atom stereocenters. The maximum absolute atomic E-state index is 13.7. The summed E-state index contributed by atoms with van der Waals surface area (Å²) >= 11 is 1.49.